The lowest BCUT2D eigenvalue weighted by molar-refractivity contribution is -0.139. The maximum absolute atomic E-state index is 13.3. The number of carbonyl (C=O) groups excluding carboxylic acids is 2. The highest BCUT2D eigenvalue weighted by atomic mass is 16.5. The van der Waals surface area contributed by atoms with Gasteiger partial charge in [-0.2, -0.15) is 5.10 Å². The predicted octanol–water partition coefficient (Wildman–Crippen LogP) is 2.27. The van der Waals surface area contributed by atoms with Gasteiger partial charge in [-0.25, -0.2) is 0 Å². The van der Waals surface area contributed by atoms with Crippen LogP contribution in [-0.2, 0) is 9.53 Å². The summed E-state index contributed by atoms with van der Waals surface area (Å²) in [4.78, 5) is 29.9. The molecule has 0 unspecified atom stereocenters. The van der Waals surface area contributed by atoms with E-state index in [0.717, 1.165) is 11.1 Å². The number of hydrogen-bond acceptors (Lipinski definition) is 4. The van der Waals surface area contributed by atoms with E-state index in [1.165, 1.54) is 0 Å². The minimum absolute atomic E-state index is 0.0431. The number of aromatic nitrogens is 2. The molecule has 0 aliphatic carbocycles. The minimum atomic E-state index is -0.635. The monoisotopic (exact) mass is 380 g/mol. The summed E-state index contributed by atoms with van der Waals surface area (Å²) in [5.41, 5.74) is 1.87. The molecule has 5 rings (SSSR count). The maximum atomic E-state index is 13.3. The smallest absolute Gasteiger partial charge is 0.254 e. The highest BCUT2D eigenvalue weighted by molar-refractivity contribution is 5.97. The lowest BCUT2D eigenvalue weighted by atomic mass is 10.0. The molecule has 7 heteroatoms. The fourth-order valence-electron chi connectivity index (χ4n) is 5.02. The van der Waals surface area contributed by atoms with Crippen molar-refractivity contribution in [2.75, 3.05) is 13.2 Å². The van der Waals surface area contributed by atoms with Gasteiger partial charge in [0.25, 0.3) is 5.91 Å². The number of benzene rings is 1. The predicted molar refractivity (Wildman–Crippen MR) is 102 cm³/mol. The van der Waals surface area contributed by atoms with Crippen LogP contribution in [0.1, 0.15) is 37.0 Å². The van der Waals surface area contributed by atoms with Crippen molar-refractivity contribution < 1.29 is 14.3 Å². The summed E-state index contributed by atoms with van der Waals surface area (Å²) in [7, 11) is 0. The molecule has 28 heavy (non-hydrogen) atoms. The van der Waals surface area contributed by atoms with E-state index in [9.17, 15) is 9.59 Å². The molecular weight excluding hydrogens is 356 g/mol. The molecule has 3 aliphatic rings. The summed E-state index contributed by atoms with van der Waals surface area (Å²) < 4.78 is 6.23. The van der Waals surface area contributed by atoms with Gasteiger partial charge in [0, 0.05) is 30.3 Å². The first-order chi connectivity index (χ1) is 13.5. The summed E-state index contributed by atoms with van der Waals surface area (Å²) in [5.74, 6) is 0.391. The van der Waals surface area contributed by atoms with Crippen LogP contribution in [0.2, 0.25) is 0 Å². The van der Waals surface area contributed by atoms with Crippen LogP contribution in [0.25, 0.3) is 11.1 Å². The van der Waals surface area contributed by atoms with Crippen molar-refractivity contribution in [3.05, 3.63) is 42.2 Å². The topological polar surface area (TPSA) is 78.5 Å². The third-order valence-corrected chi connectivity index (χ3v) is 6.46. The van der Waals surface area contributed by atoms with Crippen molar-refractivity contribution >= 4 is 11.8 Å². The van der Waals surface area contributed by atoms with Crippen LogP contribution >= 0.6 is 0 Å². The molecule has 1 N–H and O–H groups in total. The number of carbonyl (C=O) groups is 2. The van der Waals surface area contributed by atoms with Gasteiger partial charge in [0.2, 0.25) is 5.91 Å². The molecule has 2 amide bonds. The second-order valence-electron chi connectivity index (χ2n) is 8.27. The van der Waals surface area contributed by atoms with Crippen LogP contribution in [-0.4, -0.2) is 62.8 Å². The maximum Gasteiger partial charge on any atom is 0.254 e. The Morgan fingerprint density at radius 2 is 2.21 bits per heavy atom. The molecule has 0 radical (unpaired) electrons. The number of amides is 2. The second-order valence-corrected chi connectivity index (χ2v) is 8.27. The van der Waals surface area contributed by atoms with Gasteiger partial charge < -0.3 is 14.5 Å². The number of rotatable bonds is 3. The van der Waals surface area contributed by atoms with Gasteiger partial charge in [0.15, 0.2) is 5.72 Å². The van der Waals surface area contributed by atoms with Crippen molar-refractivity contribution in [1.82, 2.24) is 20.0 Å². The summed E-state index contributed by atoms with van der Waals surface area (Å²) in [6, 6.07) is 7.44. The third kappa shape index (κ3) is 2.35. The highest BCUT2D eigenvalue weighted by Crippen LogP contribution is 2.49. The molecule has 0 saturated carbocycles. The first kappa shape index (κ1) is 17.4. The molecule has 2 aromatic rings. The molecule has 3 fully saturated rings. The van der Waals surface area contributed by atoms with Crippen molar-refractivity contribution in [3.63, 3.8) is 0 Å². The van der Waals surface area contributed by atoms with Crippen molar-refractivity contribution in [2.24, 2.45) is 5.92 Å². The zero-order chi connectivity index (χ0) is 19.5. The number of likely N-dealkylation sites (tertiary alicyclic amines) is 1. The van der Waals surface area contributed by atoms with Gasteiger partial charge in [0.1, 0.15) is 0 Å². The normalized spacial score (nSPS) is 28.9. The Hall–Kier alpha value is -2.67. The summed E-state index contributed by atoms with van der Waals surface area (Å²) in [5, 5.41) is 6.78. The number of aromatic amines is 1. The van der Waals surface area contributed by atoms with Crippen molar-refractivity contribution in [3.8, 4) is 11.1 Å². The van der Waals surface area contributed by atoms with E-state index in [2.05, 4.69) is 24.0 Å². The Bertz CT molecular complexity index is 925. The first-order valence-electron chi connectivity index (χ1n) is 9.87. The van der Waals surface area contributed by atoms with Crippen molar-refractivity contribution in [1.29, 1.82) is 0 Å². The number of hydrogen-bond donors (Lipinski definition) is 1. The Balaban J connectivity index is 1.44. The largest absolute Gasteiger partial charge is 0.351 e. The average Bonchev–Trinajstić information content (AvgIpc) is 3.44. The minimum Gasteiger partial charge on any atom is -0.351 e. The van der Waals surface area contributed by atoms with Gasteiger partial charge in [-0.1, -0.05) is 26.0 Å². The van der Waals surface area contributed by atoms with Gasteiger partial charge in [-0.15, -0.1) is 0 Å². The van der Waals surface area contributed by atoms with E-state index in [1.54, 1.807) is 12.4 Å². The van der Waals surface area contributed by atoms with Crippen LogP contribution < -0.4 is 0 Å². The van der Waals surface area contributed by atoms with Crippen LogP contribution in [0, 0.1) is 5.92 Å². The van der Waals surface area contributed by atoms with Gasteiger partial charge >= 0.3 is 0 Å². The number of H-pyrrole nitrogens is 1. The average molecular weight is 380 g/mol. The SMILES string of the molecule is CC(C)[C@@H]1CO[C@@]23CCN(C(=O)c4cccc(-c5cn[nH]c5)c4)[C@@H]2CC(=O)N13. The Morgan fingerprint density at radius 3 is 2.96 bits per heavy atom. The van der Waals surface area contributed by atoms with Crippen LogP contribution in [0.5, 0.6) is 0 Å². The zero-order valence-corrected chi connectivity index (χ0v) is 16.1. The number of nitrogens with zero attached hydrogens (tertiary/aromatic N) is 3. The molecule has 4 heterocycles. The molecule has 3 atom stereocenters. The molecule has 1 aromatic heterocycles. The lowest BCUT2D eigenvalue weighted by Gasteiger charge is -2.34. The second kappa shape index (κ2) is 6.17. The van der Waals surface area contributed by atoms with E-state index >= 15 is 0 Å². The lowest BCUT2D eigenvalue weighted by Crippen LogP contribution is -2.51. The Labute approximate surface area is 163 Å². The third-order valence-electron chi connectivity index (χ3n) is 6.46. The standard InChI is InChI=1S/C21H24N4O3/c1-13(2)17-12-28-21-6-7-24(18(21)9-19(26)25(17)21)20(27)15-5-3-4-14(8-15)16-10-22-23-11-16/h3-5,8,10-11,13,17-18H,6-7,9,12H2,1-2H3,(H,22,23)/t17-,18+,21-/m0/s1. The van der Waals surface area contributed by atoms with E-state index in [1.807, 2.05) is 34.1 Å². The number of ether oxygens (including phenoxy) is 1. The van der Waals surface area contributed by atoms with E-state index < -0.39 is 5.72 Å². The molecule has 7 nitrogen and oxygen atoms in total. The van der Waals surface area contributed by atoms with Gasteiger partial charge in [0.05, 0.1) is 31.3 Å². The molecule has 1 spiro atoms. The summed E-state index contributed by atoms with van der Waals surface area (Å²) in [6.07, 6.45) is 4.57. The number of nitrogens with one attached hydrogen (secondary N) is 1. The van der Waals surface area contributed by atoms with Crippen LogP contribution in [0.4, 0.5) is 0 Å². The highest BCUT2D eigenvalue weighted by Gasteiger charge is 2.65. The van der Waals surface area contributed by atoms with Gasteiger partial charge in [-0.05, 0) is 23.6 Å². The fraction of sp³-hybridized carbons (Fsp3) is 0.476. The van der Waals surface area contributed by atoms with Gasteiger partial charge in [-0.3, -0.25) is 14.7 Å². The first-order valence-corrected chi connectivity index (χ1v) is 9.87. The molecule has 3 aliphatic heterocycles. The molecule has 0 bridgehead atoms. The molecule has 1 aromatic carbocycles. The quantitative estimate of drug-likeness (QED) is 0.886. The Morgan fingerprint density at radius 1 is 1.36 bits per heavy atom. The molecule has 146 valence electrons. The van der Waals surface area contributed by atoms with E-state index in [4.69, 9.17) is 4.74 Å². The van der Waals surface area contributed by atoms with E-state index in [-0.39, 0.29) is 23.9 Å². The fourth-order valence-corrected chi connectivity index (χ4v) is 5.02. The zero-order valence-electron chi connectivity index (χ0n) is 16.1. The van der Waals surface area contributed by atoms with Crippen LogP contribution in [0.3, 0.4) is 0 Å². The Kier molecular flexibility index (Phi) is 3.84. The van der Waals surface area contributed by atoms with Crippen LogP contribution in [0.15, 0.2) is 36.7 Å². The molecule has 3 saturated heterocycles. The van der Waals surface area contributed by atoms with Crippen molar-refractivity contribution in [2.45, 2.75) is 44.5 Å². The van der Waals surface area contributed by atoms with E-state index in [0.29, 0.717) is 37.5 Å². The molecular formula is C21H24N4O3. The summed E-state index contributed by atoms with van der Waals surface area (Å²) >= 11 is 0. The summed E-state index contributed by atoms with van der Waals surface area (Å²) in [6.45, 7) is 5.39.